The molecule has 3 N–H and O–H groups in total. The molecule has 15 heavy (non-hydrogen) atoms. The van der Waals surface area contributed by atoms with Gasteiger partial charge in [-0.25, -0.2) is 0 Å². The van der Waals surface area contributed by atoms with E-state index in [9.17, 15) is 0 Å². The number of hydrogen-bond acceptors (Lipinski definition) is 4. The van der Waals surface area contributed by atoms with Gasteiger partial charge in [0.25, 0.3) is 0 Å². The molecule has 0 amide bonds. The van der Waals surface area contributed by atoms with Gasteiger partial charge in [-0.3, -0.25) is 5.43 Å². The molecule has 0 saturated heterocycles. The number of aliphatic hydroxyl groups excluding tert-OH is 1. The zero-order valence-electron chi connectivity index (χ0n) is 8.70. The van der Waals surface area contributed by atoms with E-state index in [0.717, 1.165) is 5.69 Å². The third-order valence-electron chi connectivity index (χ3n) is 1.88. The van der Waals surface area contributed by atoms with Gasteiger partial charge >= 0.3 is 0 Å². The first-order chi connectivity index (χ1) is 7.24. The van der Waals surface area contributed by atoms with Gasteiger partial charge in [0.1, 0.15) is 0 Å². The zero-order chi connectivity index (χ0) is 11.1. The second kappa shape index (κ2) is 5.93. The van der Waals surface area contributed by atoms with Crippen molar-refractivity contribution < 1.29 is 5.11 Å². The van der Waals surface area contributed by atoms with E-state index in [1.165, 1.54) is 0 Å². The van der Waals surface area contributed by atoms with Gasteiger partial charge in [-0.05, 0) is 19.1 Å². The molecule has 1 aromatic rings. The maximum Gasteiger partial charge on any atom is 0.0834 e. The summed E-state index contributed by atoms with van der Waals surface area (Å²) in [4.78, 5) is 0. The van der Waals surface area contributed by atoms with Gasteiger partial charge in [-0.2, -0.15) is 5.10 Å². The first kappa shape index (κ1) is 11.4. The highest BCUT2D eigenvalue weighted by Crippen LogP contribution is 2.05. The van der Waals surface area contributed by atoms with Crippen molar-refractivity contribution in [1.29, 1.82) is 5.41 Å². The van der Waals surface area contributed by atoms with E-state index in [0.29, 0.717) is 17.8 Å². The molecular formula is C11H15N3O. The second-order valence-corrected chi connectivity index (χ2v) is 3.13. The SMILES string of the molecule is CC(=N)/C(CCO)=N\Nc1ccccc1. The van der Waals surface area contributed by atoms with Crippen LogP contribution in [0.4, 0.5) is 5.69 Å². The number of hydrogen-bond donors (Lipinski definition) is 3. The minimum absolute atomic E-state index is 0.00548. The molecule has 0 aromatic heterocycles. The van der Waals surface area contributed by atoms with Crippen LogP contribution in [0.25, 0.3) is 0 Å². The third-order valence-corrected chi connectivity index (χ3v) is 1.88. The maximum atomic E-state index is 8.78. The number of rotatable bonds is 5. The fraction of sp³-hybridized carbons (Fsp3) is 0.273. The smallest absolute Gasteiger partial charge is 0.0834 e. The van der Waals surface area contributed by atoms with Crippen molar-refractivity contribution in [3.05, 3.63) is 30.3 Å². The number of anilines is 1. The molecule has 0 aliphatic carbocycles. The molecule has 0 atom stereocenters. The maximum absolute atomic E-state index is 8.78. The summed E-state index contributed by atoms with van der Waals surface area (Å²) in [5.74, 6) is 0. The largest absolute Gasteiger partial charge is 0.396 e. The molecule has 0 bridgehead atoms. The summed E-state index contributed by atoms with van der Waals surface area (Å²) in [6.07, 6.45) is 0.398. The topological polar surface area (TPSA) is 68.5 Å². The van der Waals surface area contributed by atoms with Crippen LogP contribution in [-0.4, -0.2) is 23.1 Å². The lowest BCUT2D eigenvalue weighted by Gasteiger charge is -2.04. The number of nitrogens with one attached hydrogen (secondary N) is 2. The highest BCUT2D eigenvalue weighted by Gasteiger charge is 2.00. The van der Waals surface area contributed by atoms with E-state index in [2.05, 4.69) is 10.5 Å². The van der Waals surface area contributed by atoms with E-state index in [-0.39, 0.29) is 6.61 Å². The molecule has 0 fully saturated rings. The van der Waals surface area contributed by atoms with Crippen LogP contribution in [-0.2, 0) is 0 Å². The third kappa shape index (κ3) is 3.91. The summed E-state index contributed by atoms with van der Waals surface area (Å²) in [6, 6.07) is 9.51. The summed E-state index contributed by atoms with van der Waals surface area (Å²) in [5, 5.41) is 20.3. The lowest BCUT2D eigenvalue weighted by Crippen LogP contribution is -2.13. The fourth-order valence-corrected chi connectivity index (χ4v) is 1.08. The van der Waals surface area contributed by atoms with Crippen LogP contribution in [0.1, 0.15) is 13.3 Å². The summed E-state index contributed by atoms with van der Waals surface area (Å²) in [6.45, 7) is 1.66. The van der Waals surface area contributed by atoms with E-state index < -0.39 is 0 Å². The van der Waals surface area contributed by atoms with Gasteiger partial charge in [-0.15, -0.1) is 0 Å². The van der Waals surface area contributed by atoms with Crippen molar-refractivity contribution in [2.75, 3.05) is 12.0 Å². The van der Waals surface area contributed by atoms with Crippen LogP contribution in [0.2, 0.25) is 0 Å². The van der Waals surface area contributed by atoms with Crippen molar-refractivity contribution in [2.24, 2.45) is 5.10 Å². The van der Waals surface area contributed by atoms with Crippen molar-refractivity contribution in [2.45, 2.75) is 13.3 Å². The molecule has 4 heteroatoms. The number of hydrazone groups is 1. The van der Waals surface area contributed by atoms with Crippen LogP contribution in [0.15, 0.2) is 35.4 Å². The summed E-state index contributed by atoms with van der Waals surface area (Å²) >= 11 is 0. The molecule has 0 unspecified atom stereocenters. The summed E-state index contributed by atoms with van der Waals surface area (Å²) in [5.41, 5.74) is 4.66. The fourth-order valence-electron chi connectivity index (χ4n) is 1.08. The minimum atomic E-state index is 0.00548. The Hall–Kier alpha value is -1.68. The predicted molar refractivity (Wildman–Crippen MR) is 62.6 cm³/mol. The van der Waals surface area contributed by atoms with E-state index in [1.54, 1.807) is 6.92 Å². The minimum Gasteiger partial charge on any atom is -0.396 e. The van der Waals surface area contributed by atoms with Gasteiger partial charge in [-0.1, -0.05) is 18.2 Å². The number of aliphatic hydroxyl groups is 1. The lowest BCUT2D eigenvalue weighted by atomic mass is 10.2. The highest BCUT2D eigenvalue weighted by molar-refractivity contribution is 6.40. The first-order valence-corrected chi connectivity index (χ1v) is 4.78. The number of para-hydroxylation sites is 1. The van der Waals surface area contributed by atoms with Gasteiger partial charge in [0.05, 0.1) is 17.1 Å². The molecule has 4 nitrogen and oxygen atoms in total. The quantitative estimate of drug-likeness (QED) is 0.507. The molecule has 0 aliphatic heterocycles. The van der Waals surface area contributed by atoms with Gasteiger partial charge < -0.3 is 10.5 Å². The molecule has 0 aliphatic rings. The van der Waals surface area contributed by atoms with Crippen LogP contribution < -0.4 is 5.43 Å². The van der Waals surface area contributed by atoms with E-state index in [4.69, 9.17) is 10.5 Å². The number of benzene rings is 1. The summed E-state index contributed by atoms with van der Waals surface area (Å²) in [7, 11) is 0. The predicted octanol–water partition coefficient (Wildman–Crippen LogP) is 1.88. The van der Waals surface area contributed by atoms with Crippen LogP contribution in [0, 0.1) is 5.41 Å². The molecule has 1 aromatic carbocycles. The Labute approximate surface area is 89.2 Å². The Morgan fingerprint density at radius 1 is 1.40 bits per heavy atom. The van der Waals surface area contributed by atoms with Gasteiger partial charge in [0.2, 0.25) is 0 Å². The van der Waals surface area contributed by atoms with Crippen molar-refractivity contribution in [3.8, 4) is 0 Å². The molecular weight excluding hydrogens is 190 g/mol. The Bertz CT molecular complexity index is 346. The standard InChI is InChI=1S/C11H15N3O/c1-9(12)11(7-8-15)14-13-10-5-3-2-4-6-10/h2-6,12-13,15H,7-8H2,1H3/b12-9?,14-11-. The average Bonchev–Trinajstić information content (AvgIpc) is 2.25. The monoisotopic (exact) mass is 205 g/mol. The molecule has 0 saturated carbocycles. The van der Waals surface area contributed by atoms with Crippen LogP contribution in [0.3, 0.4) is 0 Å². The van der Waals surface area contributed by atoms with Crippen molar-refractivity contribution >= 4 is 17.1 Å². The molecule has 1 rings (SSSR count). The van der Waals surface area contributed by atoms with Crippen molar-refractivity contribution in [1.82, 2.24) is 0 Å². The molecule has 0 radical (unpaired) electrons. The zero-order valence-corrected chi connectivity index (χ0v) is 8.70. The Balaban J connectivity index is 2.65. The molecule has 80 valence electrons. The molecule has 0 spiro atoms. The Morgan fingerprint density at radius 2 is 2.07 bits per heavy atom. The van der Waals surface area contributed by atoms with Crippen LogP contribution in [0.5, 0.6) is 0 Å². The summed E-state index contributed by atoms with van der Waals surface area (Å²) < 4.78 is 0. The highest BCUT2D eigenvalue weighted by atomic mass is 16.3. The molecule has 0 heterocycles. The lowest BCUT2D eigenvalue weighted by molar-refractivity contribution is 0.307. The Kier molecular flexibility index (Phi) is 4.50. The Morgan fingerprint density at radius 3 is 2.60 bits per heavy atom. The average molecular weight is 205 g/mol. The van der Waals surface area contributed by atoms with Crippen LogP contribution >= 0.6 is 0 Å². The van der Waals surface area contributed by atoms with Gasteiger partial charge in [0.15, 0.2) is 0 Å². The first-order valence-electron chi connectivity index (χ1n) is 4.78. The van der Waals surface area contributed by atoms with E-state index in [1.807, 2.05) is 30.3 Å². The second-order valence-electron chi connectivity index (χ2n) is 3.13. The van der Waals surface area contributed by atoms with E-state index >= 15 is 0 Å². The van der Waals surface area contributed by atoms with Gasteiger partial charge in [0, 0.05) is 13.0 Å². The number of nitrogens with zero attached hydrogens (tertiary/aromatic N) is 1. The normalized spacial score (nSPS) is 11.2. The van der Waals surface area contributed by atoms with Crippen molar-refractivity contribution in [3.63, 3.8) is 0 Å².